The molecule has 3 rings (SSSR count). The molecule has 2 saturated heterocycles. The Morgan fingerprint density at radius 2 is 1.91 bits per heavy atom. The molecule has 0 bridgehead atoms. The Kier molecular flexibility index (Phi) is 4.81. The van der Waals surface area contributed by atoms with E-state index in [1.165, 1.54) is 12.1 Å². The number of hydrogen-bond donors (Lipinski definition) is 3. The molecule has 124 valence electrons. The largest absolute Gasteiger partial charge is 0.508 e. The summed E-state index contributed by atoms with van der Waals surface area (Å²) in [6.45, 7) is 3.05. The Balaban J connectivity index is 1.45. The zero-order chi connectivity index (χ0) is 16.2. The molecule has 6 heteroatoms. The number of nitrogens with one attached hydrogen (secondary N) is 2. The van der Waals surface area contributed by atoms with E-state index in [0.29, 0.717) is 12.1 Å². The highest BCUT2D eigenvalue weighted by molar-refractivity contribution is 5.94. The minimum atomic E-state index is -0.153. The SMILES string of the molecule is O=C(NC[C@@H]1CN[C@H](C(=O)N2CCCC2)C1)c1ccc(O)cc1. The quantitative estimate of drug-likeness (QED) is 0.764. The molecule has 0 unspecified atom stereocenters. The molecular formula is C17H23N3O3. The van der Waals surface area contributed by atoms with E-state index in [1.807, 2.05) is 4.90 Å². The first kappa shape index (κ1) is 15.8. The predicted molar refractivity (Wildman–Crippen MR) is 86.2 cm³/mol. The number of hydrogen-bond acceptors (Lipinski definition) is 4. The highest BCUT2D eigenvalue weighted by atomic mass is 16.3. The lowest BCUT2D eigenvalue weighted by molar-refractivity contribution is -0.132. The van der Waals surface area contributed by atoms with Crippen LogP contribution in [-0.4, -0.2) is 54.0 Å². The summed E-state index contributed by atoms with van der Waals surface area (Å²) in [4.78, 5) is 26.3. The first-order chi connectivity index (χ1) is 11.1. The van der Waals surface area contributed by atoms with E-state index in [2.05, 4.69) is 10.6 Å². The van der Waals surface area contributed by atoms with E-state index in [4.69, 9.17) is 0 Å². The summed E-state index contributed by atoms with van der Waals surface area (Å²) in [5.74, 6) is 0.464. The maximum atomic E-state index is 12.3. The number of aromatic hydroxyl groups is 1. The monoisotopic (exact) mass is 317 g/mol. The van der Waals surface area contributed by atoms with Gasteiger partial charge in [0.05, 0.1) is 6.04 Å². The summed E-state index contributed by atoms with van der Waals surface area (Å²) in [5, 5.41) is 15.4. The molecule has 0 saturated carbocycles. The van der Waals surface area contributed by atoms with Crippen LogP contribution in [0.3, 0.4) is 0 Å². The van der Waals surface area contributed by atoms with Crippen molar-refractivity contribution in [2.24, 2.45) is 5.92 Å². The third-order valence-electron chi connectivity index (χ3n) is 4.62. The molecule has 2 heterocycles. The average Bonchev–Trinajstić information content (AvgIpc) is 3.24. The van der Waals surface area contributed by atoms with E-state index >= 15 is 0 Å². The molecule has 2 aliphatic heterocycles. The molecule has 0 radical (unpaired) electrons. The Bertz CT molecular complexity index is 567. The number of amides is 2. The van der Waals surface area contributed by atoms with E-state index < -0.39 is 0 Å². The highest BCUT2D eigenvalue weighted by Crippen LogP contribution is 2.18. The maximum absolute atomic E-state index is 12.3. The van der Waals surface area contributed by atoms with Crippen molar-refractivity contribution in [1.82, 2.24) is 15.5 Å². The summed E-state index contributed by atoms with van der Waals surface area (Å²) in [5.41, 5.74) is 0.526. The molecule has 3 N–H and O–H groups in total. The first-order valence-corrected chi connectivity index (χ1v) is 8.23. The molecule has 1 aromatic rings. The Morgan fingerprint density at radius 3 is 2.61 bits per heavy atom. The first-order valence-electron chi connectivity index (χ1n) is 8.23. The van der Waals surface area contributed by atoms with Crippen molar-refractivity contribution < 1.29 is 14.7 Å². The normalized spacial score (nSPS) is 23.9. The Labute approximate surface area is 135 Å². The van der Waals surface area contributed by atoms with Crippen molar-refractivity contribution in [3.05, 3.63) is 29.8 Å². The van der Waals surface area contributed by atoms with E-state index in [1.54, 1.807) is 12.1 Å². The van der Waals surface area contributed by atoms with Crippen molar-refractivity contribution in [1.29, 1.82) is 0 Å². The van der Waals surface area contributed by atoms with Crippen molar-refractivity contribution in [2.45, 2.75) is 25.3 Å². The summed E-state index contributed by atoms with van der Waals surface area (Å²) < 4.78 is 0. The van der Waals surface area contributed by atoms with Crippen LogP contribution >= 0.6 is 0 Å². The van der Waals surface area contributed by atoms with E-state index in [-0.39, 0.29) is 29.5 Å². The minimum absolute atomic E-state index is 0.108. The van der Waals surface area contributed by atoms with Gasteiger partial charge in [0, 0.05) is 31.7 Å². The van der Waals surface area contributed by atoms with Crippen LogP contribution in [0.5, 0.6) is 5.75 Å². The van der Waals surface area contributed by atoms with E-state index in [9.17, 15) is 14.7 Å². The Hall–Kier alpha value is -2.08. The van der Waals surface area contributed by atoms with Crippen LogP contribution in [0.25, 0.3) is 0 Å². The van der Waals surface area contributed by atoms with Crippen LogP contribution in [0.1, 0.15) is 29.6 Å². The van der Waals surface area contributed by atoms with Gasteiger partial charge in [-0.25, -0.2) is 0 Å². The molecule has 0 spiro atoms. The lowest BCUT2D eigenvalue weighted by Gasteiger charge is -2.20. The second-order valence-corrected chi connectivity index (χ2v) is 6.35. The van der Waals surface area contributed by atoms with Crippen LogP contribution in [0, 0.1) is 5.92 Å². The molecule has 0 aromatic heterocycles. The summed E-state index contributed by atoms with van der Waals surface area (Å²) in [6.07, 6.45) is 2.97. The number of benzene rings is 1. The van der Waals surface area contributed by atoms with Gasteiger partial charge in [-0.2, -0.15) is 0 Å². The molecule has 1 aromatic carbocycles. The average molecular weight is 317 g/mol. The standard InChI is InChI=1S/C17H23N3O3/c21-14-5-3-13(4-6-14)16(22)19-11-12-9-15(18-10-12)17(23)20-7-1-2-8-20/h3-6,12,15,18,21H,1-2,7-11H2,(H,19,22)/t12-,15-/m0/s1. The van der Waals surface area contributed by atoms with Gasteiger partial charge in [0.15, 0.2) is 0 Å². The van der Waals surface area contributed by atoms with Gasteiger partial charge in [0.25, 0.3) is 5.91 Å². The van der Waals surface area contributed by atoms with Gasteiger partial charge < -0.3 is 20.6 Å². The molecule has 2 aliphatic rings. The number of rotatable bonds is 4. The summed E-state index contributed by atoms with van der Waals surface area (Å²) >= 11 is 0. The van der Waals surface area contributed by atoms with Gasteiger partial charge in [-0.15, -0.1) is 0 Å². The number of nitrogens with zero attached hydrogens (tertiary/aromatic N) is 1. The third kappa shape index (κ3) is 3.82. The zero-order valence-electron chi connectivity index (χ0n) is 13.1. The number of phenols is 1. The predicted octanol–water partition coefficient (Wildman–Crippen LogP) is 0.722. The van der Waals surface area contributed by atoms with Crippen LogP contribution in [0.15, 0.2) is 24.3 Å². The maximum Gasteiger partial charge on any atom is 0.251 e. The minimum Gasteiger partial charge on any atom is -0.508 e. The van der Waals surface area contributed by atoms with Crippen LogP contribution in [-0.2, 0) is 4.79 Å². The molecule has 6 nitrogen and oxygen atoms in total. The Morgan fingerprint density at radius 1 is 1.22 bits per heavy atom. The topological polar surface area (TPSA) is 81.7 Å². The van der Waals surface area contributed by atoms with Crippen molar-refractivity contribution >= 4 is 11.8 Å². The fourth-order valence-corrected chi connectivity index (χ4v) is 3.26. The van der Waals surface area contributed by atoms with Gasteiger partial charge in [0.1, 0.15) is 5.75 Å². The molecule has 0 aliphatic carbocycles. The molecule has 2 fully saturated rings. The number of carbonyl (C=O) groups excluding carboxylic acids is 2. The summed E-state index contributed by atoms with van der Waals surface area (Å²) in [6, 6.07) is 6.07. The summed E-state index contributed by atoms with van der Waals surface area (Å²) in [7, 11) is 0. The molecule has 2 amide bonds. The van der Waals surface area contributed by atoms with Gasteiger partial charge in [-0.1, -0.05) is 0 Å². The smallest absolute Gasteiger partial charge is 0.251 e. The second kappa shape index (κ2) is 7.00. The van der Waals surface area contributed by atoms with Crippen LogP contribution in [0.2, 0.25) is 0 Å². The van der Waals surface area contributed by atoms with Crippen molar-refractivity contribution in [2.75, 3.05) is 26.2 Å². The van der Waals surface area contributed by atoms with Crippen molar-refractivity contribution in [3.8, 4) is 5.75 Å². The van der Waals surface area contributed by atoms with Crippen LogP contribution in [0.4, 0.5) is 0 Å². The fraction of sp³-hybridized carbons (Fsp3) is 0.529. The second-order valence-electron chi connectivity index (χ2n) is 6.35. The number of phenolic OH excluding ortho intramolecular Hbond substituents is 1. The number of likely N-dealkylation sites (tertiary alicyclic amines) is 1. The molecule has 2 atom stereocenters. The lowest BCUT2D eigenvalue weighted by atomic mass is 10.0. The third-order valence-corrected chi connectivity index (χ3v) is 4.62. The van der Waals surface area contributed by atoms with Gasteiger partial charge in [-0.05, 0) is 49.4 Å². The van der Waals surface area contributed by atoms with Crippen molar-refractivity contribution in [3.63, 3.8) is 0 Å². The fourth-order valence-electron chi connectivity index (χ4n) is 3.26. The molecule has 23 heavy (non-hydrogen) atoms. The van der Waals surface area contributed by atoms with Gasteiger partial charge in [-0.3, -0.25) is 9.59 Å². The highest BCUT2D eigenvalue weighted by Gasteiger charge is 2.33. The lowest BCUT2D eigenvalue weighted by Crippen LogP contribution is -2.42. The van der Waals surface area contributed by atoms with Gasteiger partial charge in [0.2, 0.25) is 5.91 Å². The zero-order valence-corrected chi connectivity index (χ0v) is 13.1. The van der Waals surface area contributed by atoms with Crippen LogP contribution < -0.4 is 10.6 Å². The van der Waals surface area contributed by atoms with Gasteiger partial charge >= 0.3 is 0 Å². The van der Waals surface area contributed by atoms with E-state index in [0.717, 1.165) is 38.9 Å². The molecular weight excluding hydrogens is 294 g/mol. The number of carbonyl (C=O) groups is 2.